The van der Waals surface area contributed by atoms with Gasteiger partial charge in [-0.3, -0.25) is 8.74 Å². The van der Waals surface area contributed by atoms with Gasteiger partial charge in [0.2, 0.25) is 0 Å². The van der Waals surface area contributed by atoms with Crippen LogP contribution in [0.2, 0.25) is 0 Å². The lowest BCUT2D eigenvalue weighted by molar-refractivity contribution is 0.0782. The molecule has 1 rings (SSSR count). The largest absolute Gasteiger partial charge is 0.750 e. The van der Waals surface area contributed by atoms with Crippen molar-refractivity contribution in [3.8, 4) is 0 Å². The van der Waals surface area contributed by atoms with Crippen molar-refractivity contribution >= 4 is 21.8 Å². The maximum absolute atomic E-state index is 10.4. The van der Waals surface area contributed by atoms with Crippen molar-refractivity contribution < 1.29 is 30.1 Å². The molecule has 0 aliphatic heterocycles. The van der Waals surface area contributed by atoms with Gasteiger partial charge in [-0.25, -0.2) is 8.39 Å². The van der Waals surface area contributed by atoms with Crippen LogP contribution >= 0.6 is 0 Å². The lowest BCUT2D eigenvalue weighted by Gasteiger charge is -2.27. The predicted octanol–water partition coefficient (Wildman–Crippen LogP) is -0.0723. The van der Waals surface area contributed by atoms with Crippen LogP contribution in [0.3, 0.4) is 0 Å². The van der Waals surface area contributed by atoms with Crippen molar-refractivity contribution in [3.05, 3.63) is 0 Å². The smallest absolute Gasteiger partial charge is 0.397 e. The zero-order valence-electron chi connectivity index (χ0n) is 7.70. The van der Waals surface area contributed by atoms with E-state index in [1.54, 1.807) is 0 Å². The SMILES string of the molecule is O=S([O-])OC1CCC(OS(=O)(=O)O)CC1. The van der Waals surface area contributed by atoms with E-state index < -0.39 is 34.0 Å². The quantitative estimate of drug-likeness (QED) is 0.555. The fourth-order valence-corrected chi connectivity index (χ4v) is 2.46. The molecule has 0 amide bonds. The van der Waals surface area contributed by atoms with Crippen LogP contribution in [0, 0.1) is 0 Å². The van der Waals surface area contributed by atoms with E-state index in [9.17, 15) is 17.2 Å². The van der Waals surface area contributed by atoms with Crippen LogP contribution in [0.25, 0.3) is 0 Å². The van der Waals surface area contributed by atoms with Crippen LogP contribution in [0.5, 0.6) is 0 Å². The Labute approximate surface area is 90.2 Å². The second-order valence-corrected chi connectivity index (χ2v) is 4.87. The van der Waals surface area contributed by atoms with E-state index in [-0.39, 0.29) is 0 Å². The summed E-state index contributed by atoms with van der Waals surface area (Å²) in [6, 6.07) is 0. The van der Waals surface area contributed by atoms with Crippen LogP contribution in [0.15, 0.2) is 0 Å². The molecular formula is C6H11O7S2-. The maximum Gasteiger partial charge on any atom is 0.397 e. The molecular weight excluding hydrogens is 248 g/mol. The molecule has 1 atom stereocenters. The van der Waals surface area contributed by atoms with Gasteiger partial charge in [-0.15, -0.1) is 0 Å². The molecule has 15 heavy (non-hydrogen) atoms. The summed E-state index contributed by atoms with van der Waals surface area (Å²) >= 11 is -2.55. The van der Waals surface area contributed by atoms with Gasteiger partial charge in [-0.05, 0) is 25.7 Å². The molecule has 90 valence electrons. The molecule has 1 N–H and O–H groups in total. The molecule has 1 unspecified atom stereocenters. The Kier molecular flexibility index (Phi) is 4.62. The standard InChI is InChI=1S/C6H12O7S2/c7-14(8)12-5-1-3-6(4-2-5)13-15(9,10)11/h5-6H,1-4H2,(H,7,8)(H,9,10,11)/p-1. The maximum atomic E-state index is 10.4. The number of hydrogen-bond donors (Lipinski definition) is 1. The van der Waals surface area contributed by atoms with E-state index in [2.05, 4.69) is 8.37 Å². The van der Waals surface area contributed by atoms with E-state index in [1.807, 2.05) is 0 Å². The molecule has 1 saturated carbocycles. The second-order valence-electron chi connectivity index (χ2n) is 3.22. The van der Waals surface area contributed by atoms with E-state index in [4.69, 9.17) is 4.55 Å². The van der Waals surface area contributed by atoms with E-state index >= 15 is 0 Å². The first-order valence-electron chi connectivity index (χ1n) is 4.29. The molecule has 0 spiro atoms. The van der Waals surface area contributed by atoms with Gasteiger partial charge < -0.3 is 4.55 Å². The Morgan fingerprint density at radius 2 is 1.67 bits per heavy atom. The van der Waals surface area contributed by atoms with Crippen LogP contribution in [0.4, 0.5) is 0 Å². The molecule has 0 aromatic heterocycles. The molecule has 0 bridgehead atoms. The molecule has 1 aliphatic carbocycles. The highest BCUT2D eigenvalue weighted by molar-refractivity contribution is 7.80. The highest BCUT2D eigenvalue weighted by Crippen LogP contribution is 2.24. The fourth-order valence-electron chi connectivity index (χ4n) is 1.51. The summed E-state index contributed by atoms with van der Waals surface area (Å²) in [6.07, 6.45) is 0.413. The highest BCUT2D eigenvalue weighted by Gasteiger charge is 2.25. The van der Waals surface area contributed by atoms with E-state index in [0.717, 1.165) is 0 Å². The average Bonchev–Trinajstić information content (AvgIpc) is 2.05. The van der Waals surface area contributed by atoms with Crippen molar-refractivity contribution in [2.24, 2.45) is 0 Å². The summed E-state index contributed by atoms with van der Waals surface area (Å²) in [5.74, 6) is 0. The Bertz CT molecular complexity index is 316. The zero-order valence-corrected chi connectivity index (χ0v) is 9.33. The van der Waals surface area contributed by atoms with Gasteiger partial charge in [0, 0.05) is 0 Å². The van der Waals surface area contributed by atoms with Crippen LogP contribution < -0.4 is 0 Å². The molecule has 0 heterocycles. The summed E-state index contributed by atoms with van der Waals surface area (Å²) in [4.78, 5) is 0. The summed E-state index contributed by atoms with van der Waals surface area (Å²) in [7, 11) is -4.43. The van der Waals surface area contributed by atoms with Gasteiger partial charge in [0.05, 0.1) is 23.6 Å². The van der Waals surface area contributed by atoms with Crippen LogP contribution in [0.1, 0.15) is 25.7 Å². The van der Waals surface area contributed by atoms with Crippen molar-refractivity contribution in [2.75, 3.05) is 0 Å². The third-order valence-corrected chi connectivity index (χ3v) is 3.04. The Hall–Kier alpha value is -0.0600. The zero-order chi connectivity index (χ0) is 11.5. The first-order chi connectivity index (χ1) is 6.87. The van der Waals surface area contributed by atoms with Crippen LogP contribution in [-0.4, -0.2) is 33.9 Å². The van der Waals surface area contributed by atoms with Gasteiger partial charge in [-0.2, -0.15) is 8.42 Å². The first kappa shape index (κ1) is 13.0. The molecule has 7 nitrogen and oxygen atoms in total. The average molecular weight is 259 g/mol. The molecule has 1 fully saturated rings. The Morgan fingerprint density at radius 3 is 2.07 bits per heavy atom. The molecule has 0 radical (unpaired) electrons. The Balaban J connectivity index is 2.33. The summed E-state index contributed by atoms with van der Waals surface area (Å²) in [5.41, 5.74) is 0. The van der Waals surface area contributed by atoms with Crippen LogP contribution in [-0.2, 0) is 30.1 Å². The first-order valence-corrected chi connectivity index (χ1v) is 6.65. The third kappa shape index (κ3) is 5.54. The van der Waals surface area contributed by atoms with Gasteiger partial charge in [0.1, 0.15) is 0 Å². The lowest BCUT2D eigenvalue weighted by Crippen LogP contribution is -2.28. The van der Waals surface area contributed by atoms with E-state index in [0.29, 0.717) is 25.7 Å². The minimum absolute atomic E-state index is 0.335. The monoisotopic (exact) mass is 259 g/mol. The molecule has 1 aliphatic rings. The number of rotatable bonds is 4. The van der Waals surface area contributed by atoms with Crippen molar-refractivity contribution in [1.29, 1.82) is 0 Å². The topological polar surface area (TPSA) is 113 Å². The minimum atomic E-state index is -4.43. The molecule has 0 aromatic rings. The van der Waals surface area contributed by atoms with Gasteiger partial charge >= 0.3 is 10.4 Å². The van der Waals surface area contributed by atoms with Gasteiger partial charge in [0.25, 0.3) is 0 Å². The summed E-state index contributed by atoms with van der Waals surface area (Å²) in [5, 5.41) is 0. The lowest BCUT2D eigenvalue weighted by atomic mass is 9.95. The highest BCUT2D eigenvalue weighted by atomic mass is 32.3. The molecule has 0 aromatic carbocycles. The van der Waals surface area contributed by atoms with E-state index in [1.165, 1.54) is 0 Å². The normalized spacial score (nSPS) is 30.0. The number of hydrogen-bond acceptors (Lipinski definition) is 6. The summed E-state index contributed by atoms with van der Waals surface area (Å²) in [6.45, 7) is 0. The van der Waals surface area contributed by atoms with Gasteiger partial charge in [0.15, 0.2) is 0 Å². The predicted molar refractivity (Wildman–Crippen MR) is 48.7 cm³/mol. The van der Waals surface area contributed by atoms with Crippen molar-refractivity contribution in [2.45, 2.75) is 37.9 Å². The van der Waals surface area contributed by atoms with Crippen molar-refractivity contribution in [3.63, 3.8) is 0 Å². The fraction of sp³-hybridized carbons (Fsp3) is 1.00. The minimum Gasteiger partial charge on any atom is -0.750 e. The van der Waals surface area contributed by atoms with Gasteiger partial charge in [-0.1, -0.05) is 0 Å². The third-order valence-electron chi connectivity index (χ3n) is 2.09. The summed E-state index contributed by atoms with van der Waals surface area (Å²) < 4.78 is 58.4. The Morgan fingerprint density at radius 1 is 1.20 bits per heavy atom. The molecule has 9 heteroatoms. The second kappa shape index (κ2) is 5.32. The molecule has 0 saturated heterocycles. The van der Waals surface area contributed by atoms with Crippen molar-refractivity contribution in [1.82, 2.24) is 0 Å².